The number of nitrogens with zero attached hydrogens (tertiary/aromatic N) is 6. The summed E-state index contributed by atoms with van der Waals surface area (Å²) in [5.41, 5.74) is 2.40. The van der Waals surface area contributed by atoms with E-state index < -0.39 is 5.91 Å². The summed E-state index contributed by atoms with van der Waals surface area (Å²) in [5, 5.41) is 17.1. The van der Waals surface area contributed by atoms with Crippen molar-refractivity contribution in [1.82, 2.24) is 24.6 Å². The fraction of sp³-hybridized carbons (Fsp3) is 0.200. The van der Waals surface area contributed by atoms with Crippen LogP contribution in [0.15, 0.2) is 30.7 Å². The summed E-state index contributed by atoms with van der Waals surface area (Å²) >= 11 is 7.35. The van der Waals surface area contributed by atoms with Crippen LogP contribution < -0.4 is 10.1 Å². The maximum atomic E-state index is 13.1. The lowest BCUT2D eigenvalue weighted by Crippen LogP contribution is -2.14. The van der Waals surface area contributed by atoms with E-state index in [-0.39, 0.29) is 16.4 Å². The Hall–Kier alpha value is -3.55. The van der Waals surface area contributed by atoms with Gasteiger partial charge in [0.05, 0.1) is 30.8 Å². The Kier molecular flexibility index (Phi) is 4.77. The molecule has 1 aliphatic rings. The van der Waals surface area contributed by atoms with Crippen LogP contribution in [0.5, 0.6) is 5.75 Å². The zero-order valence-electron chi connectivity index (χ0n) is 16.2. The van der Waals surface area contributed by atoms with Gasteiger partial charge in [0.25, 0.3) is 5.91 Å². The van der Waals surface area contributed by atoms with E-state index in [1.54, 1.807) is 10.6 Å². The highest BCUT2D eigenvalue weighted by Crippen LogP contribution is 2.40. The average molecular weight is 452 g/mol. The molecule has 1 saturated carbocycles. The number of amides is 1. The molecular formula is C20H14ClN7O2S. The molecule has 5 rings (SSSR count). The van der Waals surface area contributed by atoms with Gasteiger partial charge >= 0.3 is 0 Å². The third kappa shape index (κ3) is 3.69. The van der Waals surface area contributed by atoms with Crippen molar-refractivity contribution in [2.45, 2.75) is 18.8 Å². The number of halogens is 1. The monoisotopic (exact) mass is 451 g/mol. The van der Waals surface area contributed by atoms with E-state index in [1.807, 2.05) is 12.3 Å². The Bertz CT molecular complexity index is 1340. The van der Waals surface area contributed by atoms with Gasteiger partial charge in [-0.05, 0) is 25.0 Å². The number of imidazole rings is 1. The summed E-state index contributed by atoms with van der Waals surface area (Å²) in [6.07, 6.45) is 7.02. The summed E-state index contributed by atoms with van der Waals surface area (Å²) in [7, 11) is 1.49. The van der Waals surface area contributed by atoms with E-state index in [2.05, 4.69) is 25.4 Å². The molecular weight excluding hydrogens is 438 g/mol. The maximum absolute atomic E-state index is 13.1. The van der Waals surface area contributed by atoms with E-state index in [0.29, 0.717) is 27.9 Å². The smallest absolute Gasteiger partial charge is 0.259 e. The number of pyridine rings is 2. The number of nitriles is 1. The molecule has 1 fully saturated rings. The molecule has 0 bridgehead atoms. The van der Waals surface area contributed by atoms with Gasteiger partial charge in [-0.2, -0.15) is 5.26 Å². The van der Waals surface area contributed by atoms with Gasteiger partial charge in [0.2, 0.25) is 10.1 Å². The Morgan fingerprint density at radius 3 is 2.87 bits per heavy atom. The number of rotatable bonds is 5. The fourth-order valence-corrected chi connectivity index (χ4v) is 4.16. The van der Waals surface area contributed by atoms with Crippen molar-refractivity contribution < 1.29 is 9.53 Å². The molecule has 0 atom stereocenters. The van der Waals surface area contributed by atoms with Gasteiger partial charge in [-0.25, -0.2) is 19.5 Å². The first kappa shape index (κ1) is 19.4. The van der Waals surface area contributed by atoms with E-state index in [4.69, 9.17) is 16.3 Å². The standard InChI is InChI=1S/C20H14ClN7O2S/c1-30-16-8-24-17(21)5-13(16)12-4-11(6-22)23-7-14(12)18(29)26-19-27-28-9-15(10-2-3-10)25-20(28)31-19/h4-5,7-10H,2-3H2,1H3,(H,26,27,29). The molecule has 0 aliphatic heterocycles. The molecule has 1 N–H and O–H groups in total. The third-order valence-corrected chi connectivity index (χ3v) is 5.93. The van der Waals surface area contributed by atoms with E-state index in [9.17, 15) is 10.1 Å². The molecule has 4 aromatic heterocycles. The quantitative estimate of drug-likeness (QED) is 0.457. The van der Waals surface area contributed by atoms with Crippen LogP contribution in [-0.4, -0.2) is 37.6 Å². The van der Waals surface area contributed by atoms with Crippen LogP contribution in [0.3, 0.4) is 0 Å². The lowest BCUT2D eigenvalue weighted by Gasteiger charge is -2.12. The van der Waals surface area contributed by atoms with Crippen LogP contribution >= 0.6 is 22.9 Å². The molecule has 4 heterocycles. The molecule has 31 heavy (non-hydrogen) atoms. The van der Waals surface area contributed by atoms with Crippen molar-refractivity contribution >= 4 is 38.9 Å². The van der Waals surface area contributed by atoms with Gasteiger partial charge in [0.1, 0.15) is 22.7 Å². The molecule has 0 saturated heterocycles. The van der Waals surface area contributed by atoms with Gasteiger partial charge < -0.3 is 4.74 Å². The van der Waals surface area contributed by atoms with E-state index in [0.717, 1.165) is 23.5 Å². The SMILES string of the molecule is COc1cnc(Cl)cc1-c1cc(C#N)ncc1C(=O)Nc1nn2cc(C3CC3)nc2s1. The van der Waals surface area contributed by atoms with Gasteiger partial charge in [-0.1, -0.05) is 22.9 Å². The number of carbonyl (C=O) groups excluding carboxylic acids is 1. The molecule has 11 heteroatoms. The Morgan fingerprint density at radius 2 is 2.16 bits per heavy atom. The first-order chi connectivity index (χ1) is 15.1. The maximum Gasteiger partial charge on any atom is 0.259 e. The zero-order valence-corrected chi connectivity index (χ0v) is 17.7. The summed E-state index contributed by atoms with van der Waals surface area (Å²) in [5.74, 6) is 0.511. The van der Waals surface area contributed by atoms with Crippen molar-refractivity contribution in [1.29, 1.82) is 5.26 Å². The van der Waals surface area contributed by atoms with Gasteiger partial charge in [-0.3, -0.25) is 10.1 Å². The molecule has 1 aliphatic carbocycles. The highest BCUT2D eigenvalue weighted by atomic mass is 35.5. The number of hydrogen-bond donors (Lipinski definition) is 1. The highest BCUT2D eigenvalue weighted by Gasteiger charge is 2.27. The summed E-state index contributed by atoms with van der Waals surface area (Å²) in [4.78, 5) is 26.4. The summed E-state index contributed by atoms with van der Waals surface area (Å²) < 4.78 is 7.05. The Labute approximate surface area is 185 Å². The lowest BCUT2D eigenvalue weighted by atomic mass is 10.0. The van der Waals surface area contributed by atoms with Crippen LogP contribution in [0.2, 0.25) is 5.15 Å². The van der Waals surface area contributed by atoms with Crippen molar-refractivity contribution in [3.63, 3.8) is 0 Å². The predicted octanol–water partition coefficient (Wildman–Crippen LogP) is 3.91. The van der Waals surface area contributed by atoms with Crippen LogP contribution in [0.1, 0.15) is 40.5 Å². The molecule has 0 aromatic carbocycles. The van der Waals surface area contributed by atoms with Gasteiger partial charge in [0, 0.05) is 23.2 Å². The third-order valence-electron chi connectivity index (χ3n) is 4.89. The largest absolute Gasteiger partial charge is 0.494 e. The molecule has 9 nitrogen and oxygen atoms in total. The normalized spacial score (nSPS) is 13.2. The minimum Gasteiger partial charge on any atom is -0.494 e. The predicted molar refractivity (Wildman–Crippen MR) is 115 cm³/mol. The topological polar surface area (TPSA) is 118 Å². The van der Waals surface area contributed by atoms with E-state index in [1.165, 1.54) is 36.9 Å². The van der Waals surface area contributed by atoms with Gasteiger partial charge in [-0.15, -0.1) is 5.10 Å². The number of ether oxygens (including phenoxy) is 1. The minimum atomic E-state index is -0.429. The number of methoxy groups -OCH3 is 1. The van der Waals surface area contributed by atoms with Crippen molar-refractivity contribution in [3.8, 4) is 22.9 Å². The second-order valence-corrected chi connectivity index (χ2v) is 8.31. The molecule has 0 unspecified atom stereocenters. The fourth-order valence-electron chi connectivity index (χ4n) is 3.22. The van der Waals surface area contributed by atoms with Crippen LogP contribution in [0.25, 0.3) is 16.1 Å². The van der Waals surface area contributed by atoms with Gasteiger partial charge in [0.15, 0.2) is 0 Å². The van der Waals surface area contributed by atoms with Crippen LogP contribution in [-0.2, 0) is 0 Å². The Morgan fingerprint density at radius 1 is 1.32 bits per heavy atom. The first-order valence-corrected chi connectivity index (χ1v) is 10.5. The zero-order chi connectivity index (χ0) is 21.5. The molecule has 0 radical (unpaired) electrons. The number of aromatic nitrogens is 5. The number of carbonyl (C=O) groups is 1. The molecule has 154 valence electrons. The number of nitrogens with one attached hydrogen (secondary N) is 1. The second-order valence-electron chi connectivity index (χ2n) is 6.96. The summed E-state index contributed by atoms with van der Waals surface area (Å²) in [6, 6.07) is 5.07. The number of anilines is 1. The molecule has 0 spiro atoms. The van der Waals surface area contributed by atoms with Crippen molar-refractivity contribution in [2.24, 2.45) is 0 Å². The van der Waals surface area contributed by atoms with Crippen LogP contribution in [0, 0.1) is 11.3 Å². The molecule has 4 aromatic rings. The van der Waals surface area contributed by atoms with Crippen molar-refractivity contribution in [3.05, 3.63) is 52.8 Å². The highest BCUT2D eigenvalue weighted by molar-refractivity contribution is 7.20. The van der Waals surface area contributed by atoms with Crippen molar-refractivity contribution in [2.75, 3.05) is 12.4 Å². The minimum absolute atomic E-state index is 0.155. The second kappa shape index (κ2) is 7.61. The molecule has 1 amide bonds. The van der Waals surface area contributed by atoms with Crippen LogP contribution in [0.4, 0.5) is 5.13 Å². The number of fused-ring (bicyclic) bond motifs is 1. The lowest BCUT2D eigenvalue weighted by molar-refractivity contribution is 0.102. The summed E-state index contributed by atoms with van der Waals surface area (Å²) in [6.45, 7) is 0. The first-order valence-electron chi connectivity index (χ1n) is 9.33. The van der Waals surface area contributed by atoms with E-state index >= 15 is 0 Å². The average Bonchev–Trinajstić information content (AvgIpc) is 3.45. The number of hydrogen-bond acceptors (Lipinski definition) is 8. The Balaban J connectivity index is 1.51.